The number of benzene rings is 1. The predicted octanol–water partition coefficient (Wildman–Crippen LogP) is -1.04. The van der Waals surface area contributed by atoms with Gasteiger partial charge in [0.1, 0.15) is 11.9 Å². The maximum Gasteiger partial charge on any atom is 1.00 e. The van der Waals surface area contributed by atoms with Crippen LogP contribution in [0.3, 0.4) is 0 Å². The van der Waals surface area contributed by atoms with Crippen molar-refractivity contribution < 1.29 is 54.4 Å². The third-order valence-corrected chi connectivity index (χ3v) is 6.03. The van der Waals surface area contributed by atoms with Gasteiger partial charge in [0, 0.05) is 36.2 Å². The Bertz CT molecular complexity index is 825. The fourth-order valence-electron chi connectivity index (χ4n) is 4.40. The van der Waals surface area contributed by atoms with Gasteiger partial charge >= 0.3 is 29.6 Å². The smallest absolute Gasteiger partial charge is 0.550 e. The van der Waals surface area contributed by atoms with Crippen molar-refractivity contribution in [3.05, 3.63) is 41.5 Å². The normalized spacial score (nSPS) is 26.0. The second-order valence-electron chi connectivity index (χ2n) is 8.11. The molecule has 6 heteroatoms. The summed E-state index contributed by atoms with van der Waals surface area (Å²) in [5.74, 6) is 5.56. The molecule has 2 N–H and O–H groups in total. The first-order valence-corrected chi connectivity index (χ1v) is 10.3. The molecule has 1 aromatic rings. The number of carboxylic acids is 1. The molecule has 1 fully saturated rings. The van der Waals surface area contributed by atoms with Crippen molar-refractivity contribution in [3.63, 3.8) is 0 Å². The first-order valence-electron chi connectivity index (χ1n) is 10.3. The number of hydrogen-bond donors (Lipinski definition) is 2. The van der Waals surface area contributed by atoms with E-state index in [0.717, 1.165) is 16.9 Å². The van der Waals surface area contributed by atoms with Gasteiger partial charge in [-0.2, -0.15) is 0 Å². The third kappa shape index (κ3) is 5.69. The maximum absolute atomic E-state index is 10.7. The van der Waals surface area contributed by atoms with Crippen LogP contribution >= 0.6 is 0 Å². The molecule has 0 aromatic heterocycles. The Balaban J connectivity index is 0.00000320. The van der Waals surface area contributed by atoms with Crippen LogP contribution in [-0.4, -0.2) is 34.5 Å². The molecule has 1 aliphatic carbocycles. The largest absolute Gasteiger partial charge is 1.00 e. The van der Waals surface area contributed by atoms with E-state index in [1.807, 2.05) is 31.2 Å². The molecule has 6 atom stereocenters. The van der Waals surface area contributed by atoms with Crippen molar-refractivity contribution in [3.8, 4) is 17.6 Å². The van der Waals surface area contributed by atoms with Crippen molar-refractivity contribution >= 4 is 5.97 Å². The number of aliphatic carboxylic acids is 1. The Morgan fingerprint density at radius 2 is 2.20 bits per heavy atom. The molecular weight excluding hydrogens is 391 g/mol. The minimum atomic E-state index is -1.04. The number of aliphatic hydroxyl groups excluding tert-OH is 2. The number of para-hydroxylation sites is 1. The van der Waals surface area contributed by atoms with Crippen molar-refractivity contribution in [1.82, 2.24) is 0 Å². The molecule has 1 saturated carbocycles. The van der Waals surface area contributed by atoms with Crippen LogP contribution in [0.1, 0.15) is 56.6 Å². The standard InChI is InChI=1S/C24H30O5.Na/c1-3-4-7-15(2)19(25)13-12-17-20(26)14-21-23(17)18-10-5-8-16(24(18)29-21)9-6-11-22(27)28;/h5,8,10,12-13,15,17,19-21,23,25-26H,6-7,9,11,14H2,1-2H3,(H,27,28);/q;+1/p-1/b13-12+;/t15?,17-,19+,20+,21-,23-;/m0./s1. The van der Waals surface area contributed by atoms with E-state index in [1.54, 1.807) is 13.0 Å². The fraction of sp³-hybridized carbons (Fsp3) is 0.542. The van der Waals surface area contributed by atoms with Crippen molar-refractivity contribution in [2.75, 3.05) is 0 Å². The number of hydrogen-bond acceptors (Lipinski definition) is 5. The summed E-state index contributed by atoms with van der Waals surface area (Å²) in [4.78, 5) is 10.7. The van der Waals surface area contributed by atoms with Gasteiger partial charge in [-0.3, -0.25) is 0 Å². The number of aliphatic hydroxyl groups is 2. The molecule has 1 heterocycles. The van der Waals surface area contributed by atoms with Crippen molar-refractivity contribution in [1.29, 1.82) is 0 Å². The second-order valence-corrected chi connectivity index (χ2v) is 8.11. The summed E-state index contributed by atoms with van der Waals surface area (Å²) in [6.07, 6.45) is 4.80. The Kier molecular flexibility index (Phi) is 9.46. The van der Waals surface area contributed by atoms with E-state index in [4.69, 9.17) is 4.74 Å². The molecule has 1 aromatic carbocycles. The van der Waals surface area contributed by atoms with Gasteiger partial charge in [-0.15, -0.1) is 11.8 Å². The van der Waals surface area contributed by atoms with Gasteiger partial charge in [0.25, 0.3) is 0 Å². The van der Waals surface area contributed by atoms with Crippen LogP contribution in [0.4, 0.5) is 0 Å². The van der Waals surface area contributed by atoms with Crippen LogP contribution in [0, 0.1) is 23.7 Å². The van der Waals surface area contributed by atoms with E-state index in [-0.39, 0.29) is 59.8 Å². The van der Waals surface area contributed by atoms with E-state index in [0.29, 0.717) is 25.7 Å². The topological polar surface area (TPSA) is 89.8 Å². The summed E-state index contributed by atoms with van der Waals surface area (Å²) in [5.41, 5.74) is 2.06. The summed E-state index contributed by atoms with van der Waals surface area (Å²) in [6, 6.07) is 5.96. The van der Waals surface area contributed by atoms with Crippen LogP contribution < -0.4 is 39.4 Å². The second kappa shape index (κ2) is 11.4. The van der Waals surface area contributed by atoms with Crippen LogP contribution in [-0.2, 0) is 11.2 Å². The SMILES string of the molecule is CC#CCC(C)[C@H](O)/C=C/[C@@H]1[C@H]2c3cccc(CCCC(=O)[O-])c3O[C@H]2C[C@H]1O.[Na+]. The summed E-state index contributed by atoms with van der Waals surface area (Å²) in [6.45, 7) is 3.74. The third-order valence-electron chi connectivity index (χ3n) is 6.03. The zero-order valence-corrected chi connectivity index (χ0v) is 20.0. The average molecular weight is 420 g/mol. The molecule has 0 saturated heterocycles. The summed E-state index contributed by atoms with van der Waals surface area (Å²) in [5, 5.41) is 31.7. The zero-order valence-electron chi connectivity index (χ0n) is 18.0. The van der Waals surface area contributed by atoms with Gasteiger partial charge < -0.3 is 24.9 Å². The Morgan fingerprint density at radius 3 is 2.90 bits per heavy atom. The first-order chi connectivity index (χ1) is 13.9. The van der Waals surface area contributed by atoms with E-state index < -0.39 is 18.2 Å². The molecule has 5 nitrogen and oxygen atoms in total. The van der Waals surface area contributed by atoms with Crippen LogP contribution in [0.15, 0.2) is 30.4 Å². The summed E-state index contributed by atoms with van der Waals surface area (Å²) < 4.78 is 6.19. The molecule has 0 radical (unpaired) electrons. The molecule has 0 amide bonds. The van der Waals surface area contributed by atoms with Crippen LogP contribution in [0.2, 0.25) is 0 Å². The molecule has 30 heavy (non-hydrogen) atoms. The number of carbonyl (C=O) groups is 1. The Morgan fingerprint density at radius 1 is 1.43 bits per heavy atom. The zero-order chi connectivity index (χ0) is 21.0. The minimum Gasteiger partial charge on any atom is -0.550 e. The van der Waals surface area contributed by atoms with E-state index in [9.17, 15) is 20.1 Å². The number of aryl methyl sites for hydroxylation is 1. The van der Waals surface area contributed by atoms with Crippen LogP contribution in [0.5, 0.6) is 5.75 Å². The van der Waals surface area contributed by atoms with Crippen molar-refractivity contribution in [2.45, 2.75) is 70.2 Å². The van der Waals surface area contributed by atoms with E-state index in [2.05, 4.69) is 11.8 Å². The monoisotopic (exact) mass is 420 g/mol. The van der Waals surface area contributed by atoms with Gasteiger partial charge in [-0.25, -0.2) is 0 Å². The van der Waals surface area contributed by atoms with E-state index in [1.165, 1.54) is 0 Å². The van der Waals surface area contributed by atoms with Gasteiger partial charge in [0.05, 0.1) is 12.2 Å². The fourth-order valence-corrected chi connectivity index (χ4v) is 4.40. The molecule has 0 bridgehead atoms. The van der Waals surface area contributed by atoms with Gasteiger partial charge in [-0.1, -0.05) is 37.3 Å². The number of fused-ring (bicyclic) bond motifs is 3. The average Bonchev–Trinajstić information content (AvgIpc) is 3.19. The number of carboxylic acid groups (broad SMARTS) is 1. The van der Waals surface area contributed by atoms with Crippen molar-refractivity contribution in [2.24, 2.45) is 11.8 Å². The molecule has 2 aliphatic rings. The summed E-state index contributed by atoms with van der Waals surface area (Å²) >= 11 is 0. The Hall–Kier alpha value is -1.29. The molecular formula is C24H29NaO5. The molecule has 1 aliphatic heterocycles. The summed E-state index contributed by atoms with van der Waals surface area (Å²) in [7, 11) is 0. The molecule has 0 spiro atoms. The van der Waals surface area contributed by atoms with Gasteiger partial charge in [0.2, 0.25) is 0 Å². The molecule has 1 unspecified atom stereocenters. The van der Waals surface area contributed by atoms with Crippen LogP contribution in [0.25, 0.3) is 0 Å². The number of rotatable bonds is 8. The van der Waals surface area contributed by atoms with Gasteiger partial charge in [-0.05, 0) is 37.7 Å². The quantitative estimate of drug-likeness (QED) is 0.319. The molecule has 156 valence electrons. The van der Waals surface area contributed by atoms with E-state index >= 15 is 0 Å². The minimum absolute atomic E-state index is 0. The predicted molar refractivity (Wildman–Crippen MR) is 108 cm³/mol. The number of ether oxygens (including phenoxy) is 1. The number of carbonyl (C=O) groups excluding carboxylic acids is 1. The molecule has 3 rings (SSSR count). The first kappa shape index (κ1) is 25.0. The maximum atomic E-state index is 10.7. The van der Waals surface area contributed by atoms with Gasteiger partial charge in [0.15, 0.2) is 0 Å². The Labute approximate surface area is 200 Å².